The predicted octanol–water partition coefficient (Wildman–Crippen LogP) is 2.52. The summed E-state index contributed by atoms with van der Waals surface area (Å²) in [6.45, 7) is 0. The van der Waals surface area contributed by atoms with Crippen LogP contribution in [0.4, 0.5) is 0 Å². The smallest absolute Gasteiger partial charge is 0.124 e. The van der Waals surface area contributed by atoms with E-state index in [9.17, 15) is 5.11 Å². The summed E-state index contributed by atoms with van der Waals surface area (Å²) in [6.07, 6.45) is 1.75. The molecule has 0 aliphatic carbocycles. The number of phenols is 1. The van der Waals surface area contributed by atoms with Crippen LogP contribution in [0.25, 0.3) is 10.4 Å². The van der Waals surface area contributed by atoms with Gasteiger partial charge in [0.2, 0.25) is 0 Å². The Morgan fingerprint density at radius 3 is 2.75 bits per heavy atom. The Balaban J connectivity index is 2.55. The molecule has 1 N–H and O–H groups in total. The SMILES string of the molecule is Oc1ccccc1-c1cncs1. The van der Waals surface area contributed by atoms with Crippen molar-refractivity contribution in [3.63, 3.8) is 0 Å². The molecule has 60 valence electrons. The monoisotopic (exact) mass is 177 g/mol. The number of hydrogen-bond acceptors (Lipinski definition) is 3. The van der Waals surface area contributed by atoms with Gasteiger partial charge in [-0.05, 0) is 12.1 Å². The van der Waals surface area contributed by atoms with Crippen molar-refractivity contribution in [2.45, 2.75) is 0 Å². The highest BCUT2D eigenvalue weighted by atomic mass is 32.1. The van der Waals surface area contributed by atoms with E-state index in [1.807, 2.05) is 12.1 Å². The van der Waals surface area contributed by atoms with Crippen molar-refractivity contribution in [3.8, 4) is 16.2 Å². The lowest BCUT2D eigenvalue weighted by molar-refractivity contribution is 0.477. The molecule has 1 aromatic carbocycles. The minimum atomic E-state index is 0.307. The molecular formula is C9H7NOS. The van der Waals surface area contributed by atoms with Gasteiger partial charge in [0.15, 0.2) is 0 Å². The Labute approximate surface area is 74.1 Å². The average molecular weight is 177 g/mol. The highest BCUT2D eigenvalue weighted by Crippen LogP contribution is 2.30. The van der Waals surface area contributed by atoms with E-state index in [0.29, 0.717) is 5.75 Å². The molecule has 0 bridgehead atoms. The number of aromatic hydroxyl groups is 1. The van der Waals surface area contributed by atoms with Gasteiger partial charge in [-0.1, -0.05) is 12.1 Å². The minimum Gasteiger partial charge on any atom is -0.507 e. The summed E-state index contributed by atoms with van der Waals surface area (Å²) in [4.78, 5) is 4.94. The van der Waals surface area contributed by atoms with Crippen LogP contribution < -0.4 is 0 Å². The molecule has 2 nitrogen and oxygen atoms in total. The lowest BCUT2D eigenvalue weighted by atomic mass is 10.2. The van der Waals surface area contributed by atoms with Gasteiger partial charge in [-0.2, -0.15) is 0 Å². The summed E-state index contributed by atoms with van der Waals surface area (Å²) in [6, 6.07) is 7.26. The van der Waals surface area contributed by atoms with Crippen molar-refractivity contribution < 1.29 is 5.11 Å². The third kappa shape index (κ3) is 1.19. The van der Waals surface area contributed by atoms with Gasteiger partial charge in [0.25, 0.3) is 0 Å². The van der Waals surface area contributed by atoms with E-state index in [-0.39, 0.29) is 0 Å². The van der Waals surface area contributed by atoms with Gasteiger partial charge in [-0.3, -0.25) is 4.98 Å². The molecule has 3 heteroatoms. The van der Waals surface area contributed by atoms with E-state index < -0.39 is 0 Å². The number of aromatic nitrogens is 1. The minimum absolute atomic E-state index is 0.307. The van der Waals surface area contributed by atoms with E-state index in [1.165, 1.54) is 11.3 Å². The summed E-state index contributed by atoms with van der Waals surface area (Å²) < 4.78 is 0. The molecule has 0 saturated carbocycles. The van der Waals surface area contributed by atoms with E-state index >= 15 is 0 Å². The third-order valence-electron chi connectivity index (χ3n) is 1.60. The van der Waals surface area contributed by atoms with Crippen molar-refractivity contribution in [2.75, 3.05) is 0 Å². The van der Waals surface area contributed by atoms with Gasteiger partial charge in [-0.25, -0.2) is 0 Å². The molecule has 0 amide bonds. The van der Waals surface area contributed by atoms with Crippen LogP contribution in [0.3, 0.4) is 0 Å². The van der Waals surface area contributed by atoms with E-state index in [2.05, 4.69) is 4.98 Å². The first-order chi connectivity index (χ1) is 5.88. The molecule has 2 rings (SSSR count). The fourth-order valence-electron chi connectivity index (χ4n) is 1.03. The lowest BCUT2D eigenvalue weighted by Crippen LogP contribution is -1.72. The van der Waals surface area contributed by atoms with E-state index in [0.717, 1.165) is 10.4 Å². The van der Waals surface area contributed by atoms with Crippen LogP contribution in [0.1, 0.15) is 0 Å². The second kappa shape index (κ2) is 2.95. The highest BCUT2D eigenvalue weighted by molar-refractivity contribution is 7.13. The van der Waals surface area contributed by atoms with E-state index in [1.54, 1.807) is 23.8 Å². The fraction of sp³-hybridized carbons (Fsp3) is 0. The fourth-order valence-corrected chi connectivity index (χ4v) is 1.69. The zero-order valence-corrected chi connectivity index (χ0v) is 7.08. The Hall–Kier alpha value is -1.35. The normalized spacial score (nSPS) is 10.0. The van der Waals surface area contributed by atoms with Crippen molar-refractivity contribution >= 4 is 11.3 Å². The number of rotatable bonds is 1. The standard InChI is InChI=1S/C9H7NOS/c11-8-4-2-1-3-7(8)9-5-10-6-12-9/h1-6,11H. The van der Waals surface area contributed by atoms with Crippen LogP contribution in [0.15, 0.2) is 36.0 Å². The third-order valence-corrected chi connectivity index (χ3v) is 2.41. The molecule has 0 radical (unpaired) electrons. The van der Waals surface area contributed by atoms with Gasteiger partial charge in [-0.15, -0.1) is 11.3 Å². The van der Waals surface area contributed by atoms with Gasteiger partial charge in [0.05, 0.1) is 10.4 Å². The summed E-state index contributed by atoms with van der Waals surface area (Å²) in [5.74, 6) is 0.307. The zero-order chi connectivity index (χ0) is 8.39. The maximum atomic E-state index is 9.46. The Morgan fingerprint density at radius 2 is 2.08 bits per heavy atom. The summed E-state index contributed by atoms with van der Waals surface area (Å²) in [5.41, 5.74) is 2.60. The summed E-state index contributed by atoms with van der Waals surface area (Å²) in [7, 11) is 0. The molecule has 1 heterocycles. The number of phenolic OH excluding ortho intramolecular Hbond substituents is 1. The maximum absolute atomic E-state index is 9.46. The molecule has 0 aliphatic rings. The van der Waals surface area contributed by atoms with Crippen molar-refractivity contribution in [1.82, 2.24) is 4.98 Å². The Kier molecular flexibility index (Phi) is 1.80. The number of para-hydroxylation sites is 1. The Morgan fingerprint density at radius 1 is 1.25 bits per heavy atom. The number of benzene rings is 1. The van der Waals surface area contributed by atoms with Crippen LogP contribution in [0, 0.1) is 0 Å². The van der Waals surface area contributed by atoms with Crippen LogP contribution >= 0.6 is 11.3 Å². The lowest BCUT2D eigenvalue weighted by Gasteiger charge is -1.98. The summed E-state index contributed by atoms with van der Waals surface area (Å²) in [5, 5.41) is 9.46. The average Bonchev–Trinajstić information content (AvgIpc) is 2.57. The molecule has 0 atom stereocenters. The van der Waals surface area contributed by atoms with E-state index in [4.69, 9.17) is 0 Å². The molecular weight excluding hydrogens is 170 g/mol. The van der Waals surface area contributed by atoms with Gasteiger partial charge < -0.3 is 5.11 Å². The maximum Gasteiger partial charge on any atom is 0.124 e. The topological polar surface area (TPSA) is 33.1 Å². The molecule has 0 spiro atoms. The second-order valence-electron chi connectivity index (χ2n) is 2.38. The second-order valence-corrected chi connectivity index (χ2v) is 3.27. The molecule has 0 saturated heterocycles. The largest absolute Gasteiger partial charge is 0.507 e. The van der Waals surface area contributed by atoms with Crippen molar-refractivity contribution in [2.24, 2.45) is 0 Å². The molecule has 0 fully saturated rings. The first-order valence-corrected chi connectivity index (χ1v) is 4.43. The zero-order valence-electron chi connectivity index (χ0n) is 6.27. The highest BCUT2D eigenvalue weighted by Gasteiger charge is 2.02. The number of hydrogen-bond donors (Lipinski definition) is 1. The quantitative estimate of drug-likeness (QED) is 0.726. The molecule has 2 aromatic rings. The first-order valence-electron chi connectivity index (χ1n) is 3.55. The van der Waals surface area contributed by atoms with Gasteiger partial charge in [0, 0.05) is 11.8 Å². The first kappa shape index (κ1) is 7.31. The number of thiazole rings is 1. The molecule has 0 unspecified atom stereocenters. The van der Waals surface area contributed by atoms with Crippen LogP contribution in [-0.2, 0) is 0 Å². The van der Waals surface area contributed by atoms with Crippen molar-refractivity contribution in [3.05, 3.63) is 36.0 Å². The molecule has 0 aliphatic heterocycles. The Bertz CT molecular complexity index is 370. The van der Waals surface area contributed by atoms with Crippen LogP contribution in [0.2, 0.25) is 0 Å². The molecule has 1 aromatic heterocycles. The summed E-state index contributed by atoms with van der Waals surface area (Å²) >= 11 is 1.52. The van der Waals surface area contributed by atoms with Crippen molar-refractivity contribution in [1.29, 1.82) is 0 Å². The van der Waals surface area contributed by atoms with Crippen LogP contribution in [0.5, 0.6) is 5.75 Å². The predicted molar refractivity (Wildman–Crippen MR) is 49.2 cm³/mol. The van der Waals surface area contributed by atoms with Crippen LogP contribution in [-0.4, -0.2) is 10.1 Å². The van der Waals surface area contributed by atoms with Gasteiger partial charge in [0.1, 0.15) is 5.75 Å². The number of nitrogens with zero attached hydrogens (tertiary/aromatic N) is 1. The van der Waals surface area contributed by atoms with Gasteiger partial charge >= 0.3 is 0 Å². The molecule has 12 heavy (non-hydrogen) atoms.